The number of carbonyl (C=O) groups excluding carboxylic acids is 2. The van der Waals surface area contributed by atoms with Gasteiger partial charge in [0.15, 0.2) is 0 Å². The Balaban J connectivity index is 1.90. The van der Waals surface area contributed by atoms with Crippen LogP contribution in [0.2, 0.25) is 0 Å². The summed E-state index contributed by atoms with van der Waals surface area (Å²) >= 11 is 4.96. The lowest BCUT2D eigenvalue weighted by atomic mass is 10.1. The van der Waals surface area contributed by atoms with E-state index in [2.05, 4.69) is 26.6 Å². The third-order valence-corrected chi connectivity index (χ3v) is 5.26. The van der Waals surface area contributed by atoms with E-state index in [1.807, 2.05) is 29.6 Å². The topological polar surface area (TPSA) is 67.4 Å². The van der Waals surface area contributed by atoms with Crippen LogP contribution in [0, 0.1) is 0 Å². The molecule has 2 N–H and O–H groups in total. The van der Waals surface area contributed by atoms with E-state index >= 15 is 0 Å². The van der Waals surface area contributed by atoms with Crippen molar-refractivity contribution in [1.82, 2.24) is 0 Å². The Hall–Kier alpha value is -2.64. The van der Waals surface area contributed by atoms with E-state index in [9.17, 15) is 9.59 Å². The molecule has 0 saturated heterocycles. The maximum atomic E-state index is 12.7. The second-order valence-corrected chi connectivity index (χ2v) is 9.19. The molecule has 0 atom stereocenters. The number of hydrogen-bond donors (Lipinski definition) is 2. The Morgan fingerprint density at radius 1 is 0.966 bits per heavy atom. The van der Waals surface area contributed by atoms with E-state index < -0.39 is 11.7 Å². The predicted molar refractivity (Wildman–Crippen MR) is 122 cm³/mol. The predicted octanol–water partition coefficient (Wildman–Crippen LogP) is 6.78. The van der Waals surface area contributed by atoms with Crippen molar-refractivity contribution in [3.05, 3.63) is 70.0 Å². The maximum absolute atomic E-state index is 12.7. The normalized spacial score (nSPS) is 11.0. The van der Waals surface area contributed by atoms with Crippen LogP contribution >= 0.6 is 27.3 Å². The summed E-state index contributed by atoms with van der Waals surface area (Å²) in [7, 11) is 0. The van der Waals surface area contributed by atoms with Crippen LogP contribution in [-0.4, -0.2) is 17.6 Å². The van der Waals surface area contributed by atoms with Crippen molar-refractivity contribution in [3.63, 3.8) is 0 Å². The SMILES string of the molecule is CC(C)(C)OC(=O)Nc1ccc(-c2cccs2)cc1NC(=O)c1ccc(Br)cc1. The van der Waals surface area contributed by atoms with Crippen molar-refractivity contribution >= 4 is 50.6 Å². The minimum atomic E-state index is -0.623. The Morgan fingerprint density at radius 2 is 1.69 bits per heavy atom. The summed E-state index contributed by atoms with van der Waals surface area (Å²) in [6.07, 6.45) is -0.583. The van der Waals surface area contributed by atoms with Gasteiger partial charge in [0.2, 0.25) is 0 Å². The van der Waals surface area contributed by atoms with Gasteiger partial charge >= 0.3 is 6.09 Å². The molecule has 0 unspecified atom stereocenters. The van der Waals surface area contributed by atoms with Gasteiger partial charge in [-0.2, -0.15) is 0 Å². The van der Waals surface area contributed by atoms with Crippen LogP contribution in [0.1, 0.15) is 31.1 Å². The molecule has 150 valence electrons. The fourth-order valence-corrected chi connectivity index (χ4v) is 3.55. The largest absolute Gasteiger partial charge is 0.444 e. The third kappa shape index (κ3) is 5.92. The summed E-state index contributed by atoms with van der Waals surface area (Å²) in [5.41, 5.74) is 1.79. The van der Waals surface area contributed by atoms with Crippen LogP contribution in [0.15, 0.2) is 64.5 Å². The molecule has 0 aliphatic heterocycles. The monoisotopic (exact) mass is 472 g/mol. The quantitative estimate of drug-likeness (QED) is 0.439. The van der Waals surface area contributed by atoms with Gasteiger partial charge in [0.1, 0.15) is 5.60 Å². The first-order valence-corrected chi connectivity index (χ1v) is 10.6. The Labute approximate surface area is 182 Å². The molecule has 0 aliphatic carbocycles. The smallest absolute Gasteiger partial charge is 0.412 e. The number of halogens is 1. The Morgan fingerprint density at radius 3 is 2.31 bits per heavy atom. The first kappa shape index (κ1) is 21.1. The van der Waals surface area contributed by atoms with Gasteiger partial charge in [0.25, 0.3) is 5.91 Å². The molecule has 3 rings (SSSR count). The van der Waals surface area contributed by atoms with Gasteiger partial charge in [0, 0.05) is 14.9 Å². The minimum absolute atomic E-state index is 0.270. The van der Waals surface area contributed by atoms with Crippen LogP contribution in [0.3, 0.4) is 0 Å². The van der Waals surface area contributed by atoms with Gasteiger partial charge in [0.05, 0.1) is 11.4 Å². The lowest BCUT2D eigenvalue weighted by molar-refractivity contribution is 0.0635. The Bertz CT molecular complexity index is 1010. The molecule has 29 heavy (non-hydrogen) atoms. The molecule has 2 amide bonds. The average molecular weight is 473 g/mol. The highest BCUT2D eigenvalue weighted by Gasteiger charge is 2.18. The molecule has 0 fully saturated rings. The summed E-state index contributed by atoms with van der Waals surface area (Å²) in [5.74, 6) is -0.270. The van der Waals surface area contributed by atoms with Gasteiger partial charge in [-0.3, -0.25) is 10.1 Å². The van der Waals surface area contributed by atoms with Crippen LogP contribution in [-0.2, 0) is 4.74 Å². The molecule has 0 saturated carbocycles. The standard InChI is InChI=1S/C22H21BrN2O3S/c1-22(2,3)28-21(27)25-17-11-8-15(19-5-4-12-29-19)13-18(17)24-20(26)14-6-9-16(23)10-7-14/h4-13H,1-3H3,(H,24,26)(H,25,27). The number of hydrogen-bond acceptors (Lipinski definition) is 4. The molecule has 1 aromatic heterocycles. The summed E-state index contributed by atoms with van der Waals surface area (Å²) in [5, 5.41) is 7.61. The van der Waals surface area contributed by atoms with E-state index in [0.717, 1.165) is 14.9 Å². The summed E-state index contributed by atoms with van der Waals surface area (Å²) in [6.45, 7) is 5.38. The van der Waals surface area contributed by atoms with E-state index in [4.69, 9.17) is 4.74 Å². The number of thiophene rings is 1. The zero-order valence-corrected chi connectivity index (χ0v) is 18.7. The van der Waals surface area contributed by atoms with Crippen molar-refractivity contribution in [2.24, 2.45) is 0 Å². The van der Waals surface area contributed by atoms with Gasteiger partial charge in [-0.25, -0.2) is 4.79 Å². The van der Waals surface area contributed by atoms with Crippen LogP contribution in [0.5, 0.6) is 0 Å². The minimum Gasteiger partial charge on any atom is -0.444 e. The van der Waals surface area contributed by atoms with Crippen molar-refractivity contribution in [2.45, 2.75) is 26.4 Å². The molecule has 3 aromatic rings. The fourth-order valence-electron chi connectivity index (χ4n) is 2.56. The van der Waals surface area contributed by atoms with Gasteiger partial charge in [-0.05, 0) is 74.2 Å². The molecule has 5 nitrogen and oxygen atoms in total. The zero-order valence-electron chi connectivity index (χ0n) is 16.3. The van der Waals surface area contributed by atoms with Crippen molar-refractivity contribution < 1.29 is 14.3 Å². The first-order valence-electron chi connectivity index (χ1n) is 8.96. The molecular weight excluding hydrogens is 452 g/mol. The number of rotatable bonds is 4. The number of nitrogens with one attached hydrogen (secondary N) is 2. The van der Waals surface area contributed by atoms with Gasteiger partial charge in [-0.1, -0.05) is 28.1 Å². The van der Waals surface area contributed by atoms with Gasteiger partial charge in [-0.15, -0.1) is 11.3 Å². The van der Waals surface area contributed by atoms with E-state index in [-0.39, 0.29) is 5.91 Å². The number of amides is 2. The lowest BCUT2D eigenvalue weighted by Crippen LogP contribution is -2.27. The number of anilines is 2. The molecule has 0 spiro atoms. The van der Waals surface area contributed by atoms with Crippen molar-refractivity contribution in [2.75, 3.05) is 10.6 Å². The molecule has 1 heterocycles. The van der Waals surface area contributed by atoms with Crippen LogP contribution < -0.4 is 10.6 Å². The highest BCUT2D eigenvalue weighted by atomic mass is 79.9. The first-order chi connectivity index (χ1) is 13.7. The Kier molecular flexibility index (Phi) is 6.39. The zero-order chi connectivity index (χ0) is 21.0. The molecule has 7 heteroatoms. The second kappa shape index (κ2) is 8.80. The van der Waals surface area contributed by atoms with Crippen molar-refractivity contribution in [3.8, 4) is 10.4 Å². The average Bonchev–Trinajstić information content (AvgIpc) is 3.16. The second-order valence-electron chi connectivity index (χ2n) is 7.33. The molecule has 2 aromatic carbocycles. The maximum Gasteiger partial charge on any atom is 0.412 e. The molecule has 0 bridgehead atoms. The number of benzene rings is 2. The van der Waals surface area contributed by atoms with E-state index in [1.54, 1.807) is 62.4 Å². The van der Waals surface area contributed by atoms with E-state index in [0.29, 0.717) is 16.9 Å². The summed E-state index contributed by atoms with van der Waals surface area (Å²) in [6, 6.07) is 16.5. The molecular formula is C22H21BrN2O3S. The van der Waals surface area contributed by atoms with Gasteiger partial charge < -0.3 is 10.1 Å². The molecule has 0 radical (unpaired) electrons. The van der Waals surface area contributed by atoms with Crippen molar-refractivity contribution in [1.29, 1.82) is 0 Å². The summed E-state index contributed by atoms with van der Waals surface area (Å²) < 4.78 is 6.23. The number of carbonyl (C=O) groups is 2. The number of ether oxygens (including phenoxy) is 1. The summed E-state index contributed by atoms with van der Waals surface area (Å²) in [4.78, 5) is 26.0. The molecule has 0 aliphatic rings. The van der Waals surface area contributed by atoms with Crippen LogP contribution in [0.25, 0.3) is 10.4 Å². The highest BCUT2D eigenvalue weighted by molar-refractivity contribution is 9.10. The fraction of sp³-hybridized carbons (Fsp3) is 0.182. The lowest BCUT2D eigenvalue weighted by Gasteiger charge is -2.21. The highest BCUT2D eigenvalue weighted by Crippen LogP contribution is 2.32. The van der Waals surface area contributed by atoms with E-state index in [1.165, 1.54) is 0 Å². The third-order valence-electron chi connectivity index (χ3n) is 3.82. The van der Waals surface area contributed by atoms with Crippen LogP contribution in [0.4, 0.5) is 16.2 Å².